The average Bonchev–Trinajstić information content (AvgIpc) is 2.85. The van der Waals surface area contributed by atoms with E-state index in [4.69, 9.17) is 9.47 Å². The minimum absolute atomic E-state index is 0.0929. The van der Waals surface area contributed by atoms with Crippen molar-refractivity contribution in [3.8, 4) is 0 Å². The lowest BCUT2D eigenvalue weighted by molar-refractivity contribution is 0.0845. The molecule has 2 aromatic rings. The molecule has 0 unspecified atom stereocenters. The first-order valence-electron chi connectivity index (χ1n) is 12.5. The van der Waals surface area contributed by atoms with E-state index in [2.05, 4.69) is 41.3 Å². The summed E-state index contributed by atoms with van der Waals surface area (Å²) in [4.78, 5) is 20.5. The highest BCUT2D eigenvalue weighted by Gasteiger charge is 2.24. The highest BCUT2D eigenvalue weighted by molar-refractivity contribution is 5.97. The summed E-state index contributed by atoms with van der Waals surface area (Å²) in [6.07, 6.45) is 6.22. The Hall–Kier alpha value is -2.96. The zero-order valence-corrected chi connectivity index (χ0v) is 21.4. The van der Waals surface area contributed by atoms with Gasteiger partial charge in [0.1, 0.15) is 0 Å². The molecule has 1 amide bonds. The molecule has 188 valence electrons. The molecule has 2 heterocycles. The molecule has 1 aromatic heterocycles. The number of aromatic nitrogens is 1. The SMILES string of the molecule is C=CCOCc1cc(C)nc(C)c1CNC(=O)c1cccc(N(CC)C2CCOCC2)c1CC=C. The van der Waals surface area contributed by atoms with Crippen LogP contribution in [0, 0.1) is 13.8 Å². The van der Waals surface area contributed by atoms with Crippen LogP contribution in [0.2, 0.25) is 0 Å². The number of carbonyl (C=O) groups excluding carboxylic acids is 1. The molecule has 6 nitrogen and oxygen atoms in total. The molecular formula is C29H39N3O3. The number of nitrogens with zero attached hydrogens (tertiary/aromatic N) is 2. The monoisotopic (exact) mass is 477 g/mol. The fourth-order valence-corrected chi connectivity index (χ4v) is 4.86. The molecule has 0 spiro atoms. The molecule has 0 aliphatic carbocycles. The van der Waals surface area contributed by atoms with Gasteiger partial charge in [0.2, 0.25) is 0 Å². The van der Waals surface area contributed by atoms with Crippen LogP contribution in [0.5, 0.6) is 0 Å². The summed E-state index contributed by atoms with van der Waals surface area (Å²) in [7, 11) is 0. The van der Waals surface area contributed by atoms with Gasteiger partial charge in [0.15, 0.2) is 0 Å². The Labute approximate surface area is 210 Å². The first-order chi connectivity index (χ1) is 17.0. The van der Waals surface area contributed by atoms with E-state index < -0.39 is 0 Å². The molecule has 0 atom stereocenters. The van der Waals surface area contributed by atoms with E-state index in [9.17, 15) is 4.79 Å². The van der Waals surface area contributed by atoms with E-state index >= 15 is 0 Å². The Bertz CT molecular complexity index is 1030. The number of rotatable bonds is 12. The lowest BCUT2D eigenvalue weighted by Crippen LogP contribution is -2.40. The second-order valence-corrected chi connectivity index (χ2v) is 8.90. The number of amides is 1. The molecule has 1 saturated heterocycles. The number of carbonyl (C=O) groups is 1. The predicted molar refractivity (Wildman–Crippen MR) is 142 cm³/mol. The summed E-state index contributed by atoms with van der Waals surface area (Å²) >= 11 is 0. The van der Waals surface area contributed by atoms with Crippen LogP contribution in [0.4, 0.5) is 5.69 Å². The molecule has 35 heavy (non-hydrogen) atoms. The first-order valence-corrected chi connectivity index (χ1v) is 12.5. The number of aryl methyl sites for hydroxylation is 2. The maximum atomic E-state index is 13.5. The summed E-state index contributed by atoms with van der Waals surface area (Å²) in [5.74, 6) is -0.0929. The van der Waals surface area contributed by atoms with Crippen molar-refractivity contribution in [2.45, 2.75) is 59.2 Å². The summed E-state index contributed by atoms with van der Waals surface area (Å²) in [5.41, 5.74) is 6.68. The third-order valence-corrected chi connectivity index (χ3v) is 6.50. The normalized spacial score (nSPS) is 13.9. The summed E-state index contributed by atoms with van der Waals surface area (Å²) in [6, 6.07) is 8.44. The van der Waals surface area contributed by atoms with Crippen LogP contribution in [-0.4, -0.2) is 43.3 Å². The first kappa shape index (κ1) is 26.6. The van der Waals surface area contributed by atoms with E-state index in [1.807, 2.05) is 38.1 Å². The van der Waals surface area contributed by atoms with Gasteiger partial charge in [-0.1, -0.05) is 18.2 Å². The van der Waals surface area contributed by atoms with Gasteiger partial charge in [-0.15, -0.1) is 13.2 Å². The lowest BCUT2D eigenvalue weighted by atomic mass is 9.97. The molecule has 6 heteroatoms. The quantitative estimate of drug-likeness (QED) is 0.342. The number of nitrogens with one attached hydrogen (secondary N) is 1. The molecule has 1 fully saturated rings. The van der Waals surface area contributed by atoms with E-state index in [0.717, 1.165) is 66.4 Å². The maximum Gasteiger partial charge on any atom is 0.251 e. The van der Waals surface area contributed by atoms with E-state index in [1.54, 1.807) is 6.08 Å². The van der Waals surface area contributed by atoms with Crippen LogP contribution in [0.1, 0.15) is 58.2 Å². The maximum absolute atomic E-state index is 13.5. The average molecular weight is 478 g/mol. The number of anilines is 1. The second kappa shape index (κ2) is 13.2. The van der Waals surface area contributed by atoms with Gasteiger partial charge in [-0.25, -0.2) is 0 Å². The molecule has 0 bridgehead atoms. The van der Waals surface area contributed by atoms with Crippen molar-refractivity contribution in [2.75, 3.05) is 31.3 Å². The van der Waals surface area contributed by atoms with Gasteiger partial charge in [0.25, 0.3) is 5.91 Å². The fraction of sp³-hybridized carbons (Fsp3) is 0.448. The highest BCUT2D eigenvalue weighted by Crippen LogP contribution is 2.29. The molecule has 0 radical (unpaired) electrons. The van der Waals surface area contributed by atoms with Crippen LogP contribution in [0.15, 0.2) is 49.6 Å². The van der Waals surface area contributed by atoms with Crippen molar-refractivity contribution in [1.29, 1.82) is 0 Å². The van der Waals surface area contributed by atoms with Gasteiger partial charge in [-0.2, -0.15) is 0 Å². The highest BCUT2D eigenvalue weighted by atomic mass is 16.5. The Morgan fingerprint density at radius 3 is 2.69 bits per heavy atom. The van der Waals surface area contributed by atoms with Crippen molar-refractivity contribution in [2.24, 2.45) is 0 Å². The number of ether oxygens (including phenoxy) is 2. The van der Waals surface area contributed by atoms with Crippen LogP contribution in [-0.2, 0) is 29.0 Å². The van der Waals surface area contributed by atoms with E-state index in [-0.39, 0.29) is 5.91 Å². The van der Waals surface area contributed by atoms with Gasteiger partial charge in [-0.3, -0.25) is 9.78 Å². The third kappa shape index (κ3) is 6.80. The largest absolute Gasteiger partial charge is 0.381 e. The molecule has 3 rings (SSSR count). The van der Waals surface area contributed by atoms with Crippen molar-refractivity contribution in [3.05, 3.63) is 83.2 Å². The summed E-state index contributed by atoms with van der Waals surface area (Å²) in [6.45, 7) is 17.5. The van der Waals surface area contributed by atoms with Crippen molar-refractivity contribution in [3.63, 3.8) is 0 Å². The van der Waals surface area contributed by atoms with Crippen molar-refractivity contribution >= 4 is 11.6 Å². The predicted octanol–water partition coefficient (Wildman–Crippen LogP) is 5.06. The number of hydrogen-bond acceptors (Lipinski definition) is 5. The number of pyridine rings is 1. The van der Waals surface area contributed by atoms with Gasteiger partial charge in [0.05, 0.1) is 13.2 Å². The van der Waals surface area contributed by atoms with Crippen LogP contribution >= 0.6 is 0 Å². The molecule has 1 aromatic carbocycles. The standard InChI is InChI=1S/C29H39N3O3/c1-6-10-25-26(11-9-12-28(25)32(8-3)24-13-16-34-17-14-24)29(33)30-19-27-22(5)31-21(4)18-23(27)20-35-15-7-2/h6-7,9,11-12,18,24H,1-2,8,10,13-17,19-20H2,3-5H3,(H,30,33). The molecule has 1 aliphatic heterocycles. The third-order valence-electron chi connectivity index (χ3n) is 6.50. The zero-order valence-electron chi connectivity index (χ0n) is 21.4. The number of benzene rings is 1. The molecule has 1 aliphatic rings. The van der Waals surface area contributed by atoms with Crippen LogP contribution < -0.4 is 10.2 Å². The second-order valence-electron chi connectivity index (χ2n) is 8.90. The van der Waals surface area contributed by atoms with Crippen LogP contribution in [0.3, 0.4) is 0 Å². The van der Waals surface area contributed by atoms with Gasteiger partial charge in [0, 0.05) is 55.0 Å². The smallest absolute Gasteiger partial charge is 0.251 e. The minimum Gasteiger partial charge on any atom is -0.381 e. The Kier molecular flexibility index (Phi) is 10.1. The van der Waals surface area contributed by atoms with Gasteiger partial charge in [-0.05, 0) is 74.9 Å². The van der Waals surface area contributed by atoms with Crippen molar-refractivity contribution in [1.82, 2.24) is 10.3 Å². The number of hydrogen-bond donors (Lipinski definition) is 1. The zero-order chi connectivity index (χ0) is 25.2. The topological polar surface area (TPSA) is 63.7 Å². The number of allylic oxidation sites excluding steroid dienone is 1. The Morgan fingerprint density at radius 1 is 1.23 bits per heavy atom. The molecule has 0 saturated carbocycles. The summed E-state index contributed by atoms with van der Waals surface area (Å²) in [5, 5.41) is 3.14. The molecule has 1 N–H and O–H groups in total. The minimum atomic E-state index is -0.0929. The Morgan fingerprint density at radius 2 is 2.00 bits per heavy atom. The summed E-state index contributed by atoms with van der Waals surface area (Å²) < 4.78 is 11.3. The van der Waals surface area contributed by atoms with E-state index in [0.29, 0.717) is 37.8 Å². The van der Waals surface area contributed by atoms with Gasteiger partial charge < -0.3 is 19.7 Å². The lowest BCUT2D eigenvalue weighted by Gasteiger charge is -2.37. The molecular weight excluding hydrogens is 438 g/mol. The van der Waals surface area contributed by atoms with Crippen LogP contribution in [0.25, 0.3) is 0 Å². The fourth-order valence-electron chi connectivity index (χ4n) is 4.86. The van der Waals surface area contributed by atoms with E-state index in [1.165, 1.54) is 0 Å². The Balaban J connectivity index is 1.85. The van der Waals surface area contributed by atoms with Gasteiger partial charge >= 0.3 is 0 Å². The van der Waals surface area contributed by atoms with Crippen molar-refractivity contribution < 1.29 is 14.3 Å².